The SMILES string of the molecule is COc1ccc([C@@H]2[C@@H]3C(=O)c4ccccc4[C@]3(O)[C@@](O)(c3ccccc3)[C@H]2c2ccccc2)cc1. The standard InChI is InChI=1S/C31H26O4/c1-35-23-18-16-20(17-19-23)26-27(21-10-4-2-5-11-21)30(33,22-12-6-3-7-13-22)31(34)25-15-9-8-14-24(25)29(32)28(26)31/h2-19,26-28,33-34H,1H3/t26-,27-,28+,30+,31+/m0/s1. The predicted octanol–water partition coefficient (Wildman–Crippen LogP) is 5.16. The summed E-state index contributed by atoms with van der Waals surface area (Å²) in [6.45, 7) is 0. The van der Waals surface area contributed by atoms with E-state index in [1.165, 1.54) is 0 Å². The van der Waals surface area contributed by atoms with Crippen molar-refractivity contribution in [3.63, 3.8) is 0 Å². The summed E-state index contributed by atoms with van der Waals surface area (Å²) in [4.78, 5) is 14.0. The molecule has 0 radical (unpaired) electrons. The molecule has 5 atom stereocenters. The molecule has 0 bridgehead atoms. The lowest BCUT2D eigenvalue weighted by Crippen LogP contribution is -2.49. The number of methoxy groups -OCH3 is 1. The molecule has 2 N–H and O–H groups in total. The number of carbonyl (C=O) groups excluding carboxylic acids is 1. The van der Waals surface area contributed by atoms with Gasteiger partial charge in [-0.15, -0.1) is 0 Å². The Morgan fingerprint density at radius 3 is 1.91 bits per heavy atom. The second kappa shape index (κ2) is 7.91. The number of rotatable bonds is 4. The van der Waals surface area contributed by atoms with E-state index in [-0.39, 0.29) is 5.78 Å². The number of ether oxygens (including phenoxy) is 1. The largest absolute Gasteiger partial charge is 0.497 e. The summed E-state index contributed by atoms with van der Waals surface area (Å²) in [6, 6.07) is 33.8. The molecule has 0 heterocycles. The van der Waals surface area contributed by atoms with Gasteiger partial charge < -0.3 is 14.9 Å². The topological polar surface area (TPSA) is 66.8 Å². The molecule has 2 aliphatic rings. The van der Waals surface area contributed by atoms with Gasteiger partial charge in [0.05, 0.1) is 13.0 Å². The van der Waals surface area contributed by atoms with Crippen molar-refractivity contribution in [2.45, 2.75) is 23.0 Å². The van der Waals surface area contributed by atoms with Gasteiger partial charge in [0.15, 0.2) is 5.78 Å². The van der Waals surface area contributed by atoms with Gasteiger partial charge in [0.25, 0.3) is 0 Å². The van der Waals surface area contributed by atoms with Gasteiger partial charge in [-0.3, -0.25) is 4.79 Å². The van der Waals surface area contributed by atoms with Crippen molar-refractivity contribution in [2.75, 3.05) is 7.11 Å². The molecule has 4 aromatic carbocycles. The number of benzene rings is 4. The summed E-state index contributed by atoms with van der Waals surface area (Å²) in [6.07, 6.45) is 0. The molecule has 174 valence electrons. The molecule has 0 spiro atoms. The van der Waals surface area contributed by atoms with E-state index >= 15 is 0 Å². The van der Waals surface area contributed by atoms with Crippen molar-refractivity contribution >= 4 is 5.78 Å². The maximum Gasteiger partial charge on any atom is 0.170 e. The van der Waals surface area contributed by atoms with Crippen molar-refractivity contribution in [1.29, 1.82) is 0 Å². The maximum absolute atomic E-state index is 14.0. The van der Waals surface area contributed by atoms with Crippen LogP contribution in [0.3, 0.4) is 0 Å². The Labute approximate surface area is 204 Å². The highest BCUT2D eigenvalue weighted by molar-refractivity contribution is 6.05. The molecule has 0 unspecified atom stereocenters. The molecule has 4 nitrogen and oxygen atoms in total. The number of hydrogen-bond acceptors (Lipinski definition) is 4. The third kappa shape index (κ3) is 2.84. The normalized spacial score (nSPS) is 29.0. The molecule has 4 heteroatoms. The summed E-state index contributed by atoms with van der Waals surface area (Å²) in [5.74, 6) is -1.34. The summed E-state index contributed by atoms with van der Waals surface area (Å²) in [5, 5.41) is 25.6. The number of ketones is 1. The second-order valence-electron chi connectivity index (χ2n) is 9.47. The van der Waals surface area contributed by atoms with Crippen LogP contribution in [-0.2, 0) is 11.2 Å². The first-order chi connectivity index (χ1) is 17.0. The molecule has 0 saturated heterocycles. The van der Waals surface area contributed by atoms with E-state index in [1.54, 1.807) is 25.3 Å². The Morgan fingerprint density at radius 2 is 1.26 bits per heavy atom. The smallest absolute Gasteiger partial charge is 0.170 e. The fourth-order valence-corrected chi connectivity index (χ4v) is 6.52. The zero-order chi connectivity index (χ0) is 24.2. The average Bonchev–Trinajstić information content (AvgIpc) is 3.28. The van der Waals surface area contributed by atoms with Gasteiger partial charge in [-0.1, -0.05) is 97.1 Å². The van der Waals surface area contributed by atoms with E-state index in [4.69, 9.17) is 4.74 Å². The van der Waals surface area contributed by atoms with E-state index in [2.05, 4.69) is 0 Å². The fourth-order valence-electron chi connectivity index (χ4n) is 6.52. The maximum atomic E-state index is 14.0. The first-order valence-electron chi connectivity index (χ1n) is 11.8. The van der Waals surface area contributed by atoms with E-state index in [0.717, 1.165) is 11.1 Å². The van der Waals surface area contributed by atoms with E-state index in [9.17, 15) is 15.0 Å². The summed E-state index contributed by atoms with van der Waals surface area (Å²) in [7, 11) is 1.61. The number of fused-ring (bicyclic) bond motifs is 3. The van der Waals surface area contributed by atoms with E-state index in [0.29, 0.717) is 22.4 Å². The van der Waals surface area contributed by atoms with Crippen molar-refractivity contribution in [2.24, 2.45) is 5.92 Å². The van der Waals surface area contributed by atoms with Crippen LogP contribution in [0.2, 0.25) is 0 Å². The van der Waals surface area contributed by atoms with Crippen LogP contribution in [0.25, 0.3) is 0 Å². The van der Waals surface area contributed by atoms with Crippen LogP contribution in [0.1, 0.15) is 44.4 Å². The number of Topliss-reactive ketones (excluding diaryl/α,β-unsaturated/α-hetero) is 1. The molecule has 35 heavy (non-hydrogen) atoms. The Bertz CT molecular complexity index is 1380. The van der Waals surface area contributed by atoms with Crippen LogP contribution in [0.5, 0.6) is 5.75 Å². The van der Waals surface area contributed by atoms with Crippen LogP contribution in [0.4, 0.5) is 0 Å². The van der Waals surface area contributed by atoms with Crippen LogP contribution in [0.15, 0.2) is 109 Å². The molecular weight excluding hydrogens is 436 g/mol. The number of hydrogen-bond donors (Lipinski definition) is 2. The molecule has 1 fully saturated rings. The Morgan fingerprint density at radius 1 is 0.657 bits per heavy atom. The van der Waals surface area contributed by atoms with Gasteiger partial charge in [-0.2, -0.15) is 0 Å². The van der Waals surface area contributed by atoms with Crippen LogP contribution < -0.4 is 4.74 Å². The zero-order valence-corrected chi connectivity index (χ0v) is 19.3. The van der Waals surface area contributed by atoms with Gasteiger partial charge in [0.1, 0.15) is 17.0 Å². The second-order valence-corrected chi connectivity index (χ2v) is 9.47. The van der Waals surface area contributed by atoms with Crippen LogP contribution in [0, 0.1) is 5.92 Å². The minimum Gasteiger partial charge on any atom is -0.497 e. The van der Waals surface area contributed by atoms with Crippen molar-refractivity contribution in [3.05, 3.63) is 137 Å². The molecule has 4 aromatic rings. The zero-order valence-electron chi connectivity index (χ0n) is 19.3. The lowest BCUT2D eigenvalue weighted by atomic mass is 9.69. The molecule has 6 rings (SSSR count). The highest BCUT2D eigenvalue weighted by atomic mass is 16.5. The molecule has 0 amide bonds. The molecule has 1 saturated carbocycles. The van der Waals surface area contributed by atoms with Gasteiger partial charge in [-0.25, -0.2) is 0 Å². The highest BCUT2D eigenvalue weighted by Gasteiger charge is 2.75. The van der Waals surface area contributed by atoms with Crippen molar-refractivity contribution in [1.82, 2.24) is 0 Å². The number of carbonyl (C=O) groups is 1. The summed E-state index contributed by atoms with van der Waals surface area (Å²) >= 11 is 0. The van der Waals surface area contributed by atoms with Crippen LogP contribution >= 0.6 is 0 Å². The summed E-state index contributed by atoms with van der Waals surface area (Å²) in [5.41, 5.74) is -0.288. The van der Waals surface area contributed by atoms with E-state index in [1.807, 2.05) is 91.0 Å². The lowest BCUT2D eigenvalue weighted by Gasteiger charge is -2.42. The number of aliphatic hydroxyl groups is 2. The quantitative estimate of drug-likeness (QED) is 0.439. The van der Waals surface area contributed by atoms with Gasteiger partial charge in [0, 0.05) is 17.4 Å². The monoisotopic (exact) mass is 462 g/mol. The van der Waals surface area contributed by atoms with Crippen LogP contribution in [-0.4, -0.2) is 23.1 Å². The Balaban J connectivity index is 1.70. The predicted molar refractivity (Wildman–Crippen MR) is 133 cm³/mol. The third-order valence-corrected chi connectivity index (χ3v) is 7.96. The molecular formula is C31H26O4. The first-order valence-corrected chi connectivity index (χ1v) is 11.8. The van der Waals surface area contributed by atoms with E-state index < -0.39 is 29.0 Å². The minimum absolute atomic E-state index is 0.142. The summed E-state index contributed by atoms with van der Waals surface area (Å²) < 4.78 is 5.37. The minimum atomic E-state index is -1.81. The first kappa shape index (κ1) is 21.8. The Kier molecular flexibility index (Phi) is 4.92. The lowest BCUT2D eigenvalue weighted by molar-refractivity contribution is -0.159. The van der Waals surface area contributed by atoms with Gasteiger partial charge in [0.2, 0.25) is 0 Å². The molecule has 0 aromatic heterocycles. The highest BCUT2D eigenvalue weighted by Crippen LogP contribution is 2.70. The average molecular weight is 463 g/mol. The van der Waals surface area contributed by atoms with Gasteiger partial charge in [-0.05, 0) is 34.4 Å². The third-order valence-electron chi connectivity index (χ3n) is 7.96. The molecule has 0 aliphatic heterocycles. The Hall–Kier alpha value is -3.73. The molecule has 2 aliphatic carbocycles. The van der Waals surface area contributed by atoms with Crippen molar-refractivity contribution < 1.29 is 19.7 Å². The fraction of sp³-hybridized carbons (Fsp3) is 0.194. The van der Waals surface area contributed by atoms with Crippen molar-refractivity contribution in [3.8, 4) is 5.75 Å². The van der Waals surface area contributed by atoms with Gasteiger partial charge >= 0.3 is 0 Å².